The molecule has 2 heterocycles. The molecule has 1 saturated carbocycles. The van der Waals surface area contributed by atoms with Crippen LogP contribution in [-0.2, 0) is 4.74 Å². The first-order chi connectivity index (χ1) is 11.3. The van der Waals surface area contributed by atoms with Gasteiger partial charge in [-0.05, 0) is 31.9 Å². The van der Waals surface area contributed by atoms with Crippen molar-refractivity contribution in [2.75, 3.05) is 26.3 Å². The van der Waals surface area contributed by atoms with Gasteiger partial charge in [-0.3, -0.25) is 4.79 Å². The zero-order valence-electron chi connectivity index (χ0n) is 13.4. The highest BCUT2D eigenvalue weighted by molar-refractivity contribution is 5.97. The molecule has 0 atom stereocenters. The van der Waals surface area contributed by atoms with Crippen molar-refractivity contribution < 1.29 is 9.53 Å². The average molecular weight is 311 g/mol. The number of hydrogen-bond donors (Lipinski definition) is 0. The van der Waals surface area contributed by atoms with Crippen molar-refractivity contribution in [2.24, 2.45) is 0 Å². The molecule has 23 heavy (non-hydrogen) atoms. The van der Waals surface area contributed by atoms with Crippen LogP contribution in [0.1, 0.15) is 40.5 Å². The maximum absolute atomic E-state index is 13.0. The highest BCUT2D eigenvalue weighted by atomic mass is 16.5. The first kappa shape index (κ1) is 14.5. The Kier molecular flexibility index (Phi) is 3.65. The van der Waals surface area contributed by atoms with Crippen LogP contribution in [0.5, 0.6) is 0 Å². The van der Waals surface area contributed by atoms with Crippen molar-refractivity contribution in [1.82, 2.24) is 14.7 Å². The number of nitrogens with zero attached hydrogens (tertiary/aromatic N) is 3. The summed E-state index contributed by atoms with van der Waals surface area (Å²) in [5.41, 5.74) is 3.73. The highest BCUT2D eigenvalue weighted by Gasteiger charge is 2.35. The second kappa shape index (κ2) is 5.81. The minimum absolute atomic E-state index is 0.106. The molecular formula is C18H21N3O2. The lowest BCUT2D eigenvalue weighted by Gasteiger charge is -2.27. The van der Waals surface area contributed by atoms with Gasteiger partial charge in [0, 0.05) is 19.0 Å². The fraction of sp³-hybridized carbons (Fsp3) is 0.444. The van der Waals surface area contributed by atoms with Crippen molar-refractivity contribution in [3.8, 4) is 5.69 Å². The smallest absolute Gasteiger partial charge is 0.257 e. The van der Waals surface area contributed by atoms with Gasteiger partial charge in [0.25, 0.3) is 5.91 Å². The minimum atomic E-state index is 0.106. The zero-order valence-corrected chi connectivity index (χ0v) is 13.4. The van der Waals surface area contributed by atoms with E-state index in [4.69, 9.17) is 9.84 Å². The summed E-state index contributed by atoms with van der Waals surface area (Å²) in [7, 11) is 0. The number of aromatic nitrogens is 2. The van der Waals surface area contributed by atoms with Crippen LogP contribution in [0.4, 0.5) is 0 Å². The SMILES string of the molecule is Cc1c(C(=O)N2CCOCC2)c(C2CC2)nn1-c1ccccc1. The largest absolute Gasteiger partial charge is 0.378 e. The van der Waals surface area contributed by atoms with E-state index in [-0.39, 0.29) is 5.91 Å². The maximum atomic E-state index is 13.0. The molecule has 2 aliphatic rings. The van der Waals surface area contributed by atoms with Crippen molar-refractivity contribution in [1.29, 1.82) is 0 Å². The molecule has 2 fully saturated rings. The summed E-state index contributed by atoms with van der Waals surface area (Å²) in [5, 5.41) is 4.80. The lowest BCUT2D eigenvalue weighted by molar-refractivity contribution is 0.0301. The van der Waals surface area contributed by atoms with Crippen LogP contribution in [0.25, 0.3) is 5.69 Å². The van der Waals surface area contributed by atoms with E-state index < -0.39 is 0 Å². The fourth-order valence-electron chi connectivity index (χ4n) is 3.18. The summed E-state index contributed by atoms with van der Waals surface area (Å²) in [6.07, 6.45) is 2.27. The standard InChI is InChI=1S/C18H21N3O2/c1-13-16(18(22)20-9-11-23-12-10-20)17(14-7-8-14)19-21(13)15-5-3-2-4-6-15/h2-6,14H,7-12H2,1H3. The van der Waals surface area contributed by atoms with Gasteiger partial charge in [0.15, 0.2) is 0 Å². The molecule has 1 saturated heterocycles. The molecule has 1 amide bonds. The molecule has 5 heteroatoms. The number of carbonyl (C=O) groups is 1. The zero-order chi connectivity index (χ0) is 15.8. The third kappa shape index (κ3) is 2.65. The Hall–Kier alpha value is -2.14. The van der Waals surface area contributed by atoms with Crippen molar-refractivity contribution in [2.45, 2.75) is 25.7 Å². The molecule has 0 radical (unpaired) electrons. The number of hydrogen-bond acceptors (Lipinski definition) is 3. The van der Waals surface area contributed by atoms with Crippen LogP contribution < -0.4 is 0 Å². The molecule has 2 aromatic rings. The molecule has 5 nitrogen and oxygen atoms in total. The van der Waals surface area contributed by atoms with Gasteiger partial charge in [0.05, 0.1) is 35.9 Å². The highest BCUT2D eigenvalue weighted by Crippen LogP contribution is 2.42. The molecule has 1 aromatic carbocycles. The molecule has 1 aromatic heterocycles. The van der Waals surface area contributed by atoms with Gasteiger partial charge in [-0.25, -0.2) is 4.68 Å². The van der Waals surface area contributed by atoms with E-state index in [0.29, 0.717) is 32.2 Å². The maximum Gasteiger partial charge on any atom is 0.257 e. The second-order valence-corrected chi connectivity index (χ2v) is 6.27. The Bertz CT molecular complexity index is 713. The summed E-state index contributed by atoms with van der Waals surface area (Å²) in [4.78, 5) is 14.9. The van der Waals surface area contributed by atoms with Crippen molar-refractivity contribution in [3.05, 3.63) is 47.3 Å². The van der Waals surface area contributed by atoms with E-state index in [2.05, 4.69) is 0 Å². The lowest BCUT2D eigenvalue weighted by atomic mass is 10.1. The van der Waals surface area contributed by atoms with Crippen LogP contribution in [0.2, 0.25) is 0 Å². The fourth-order valence-corrected chi connectivity index (χ4v) is 3.18. The number of rotatable bonds is 3. The van der Waals surface area contributed by atoms with Crippen LogP contribution in [0.15, 0.2) is 30.3 Å². The van der Waals surface area contributed by atoms with E-state index in [1.165, 1.54) is 0 Å². The molecule has 120 valence electrons. The summed E-state index contributed by atoms with van der Waals surface area (Å²) in [5.74, 6) is 0.550. The van der Waals surface area contributed by atoms with Gasteiger partial charge in [-0.1, -0.05) is 18.2 Å². The summed E-state index contributed by atoms with van der Waals surface area (Å²) in [6, 6.07) is 10.0. The second-order valence-electron chi connectivity index (χ2n) is 6.27. The van der Waals surface area contributed by atoms with E-state index in [1.54, 1.807) is 0 Å². The Balaban J connectivity index is 1.76. The third-order valence-corrected chi connectivity index (χ3v) is 4.62. The Morgan fingerprint density at radius 2 is 1.87 bits per heavy atom. The number of benzene rings is 1. The summed E-state index contributed by atoms with van der Waals surface area (Å²) in [6.45, 7) is 4.57. The van der Waals surface area contributed by atoms with Gasteiger partial charge < -0.3 is 9.64 Å². The number of morpholine rings is 1. The quantitative estimate of drug-likeness (QED) is 0.875. The van der Waals surface area contributed by atoms with Gasteiger partial charge in [0.1, 0.15) is 0 Å². The molecule has 0 N–H and O–H groups in total. The Morgan fingerprint density at radius 3 is 2.52 bits per heavy atom. The lowest BCUT2D eigenvalue weighted by Crippen LogP contribution is -2.41. The van der Waals surface area contributed by atoms with Crippen molar-refractivity contribution >= 4 is 5.91 Å². The van der Waals surface area contributed by atoms with Crippen molar-refractivity contribution in [3.63, 3.8) is 0 Å². The molecule has 1 aliphatic carbocycles. The van der Waals surface area contributed by atoms with Crippen LogP contribution in [0, 0.1) is 6.92 Å². The monoisotopic (exact) mass is 311 g/mol. The number of carbonyl (C=O) groups excluding carboxylic acids is 1. The van der Waals surface area contributed by atoms with E-state index in [0.717, 1.165) is 35.5 Å². The predicted molar refractivity (Wildman–Crippen MR) is 87.0 cm³/mol. The Labute approximate surface area is 135 Å². The third-order valence-electron chi connectivity index (χ3n) is 4.62. The number of amides is 1. The van der Waals surface area contributed by atoms with Gasteiger partial charge in [-0.2, -0.15) is 5.10 Å². The van der Waals surface area contributed by atoms with Gasteiger partial charge in [-0.15, -0.1) is 0 Å². The molecule has 0 bridgehead atoms. The predicted octanol–water partition coefficient (Wildman–Crippen LogP) is 2.53. The van der Waals surface area contributed by atoms with Crippen LogP contribution >= 0.6 is 0 Å². The normalized spacial score (nSPS) is 18.2. The van der Waals surface area contributed by atoms with Gasteiger partial charge in [0.2, 0.25) is 0 Å². The van der Waals surface area contributed by atoms with Crippen LogP contribution in [0.3, 0.4) is 0 Å². The summed E-state index contributed by atoms with van der Waals surface area (Å²) < 4.78 is 7.28. The minimum Gasteiger partial charge on any atom is -0.378 e. The van der Waals surface area contributed by atoms with E-state index in [9.17, 15) is 4.79 Å². The van der Waals surface area contributed by atoms with Gasteiger partial charge >= 0.3 is 0 Å². The molecular weight excluding hydrogens is 290 g/mol. The van der Waals surface area contributed by atoms with Crippen LogP contribution in [-0.4, -0.2) is 46.9 Å². The number of para-hydroxylation sites is 1. The molecule has 1 aliphatic heterocycles. The summed E-state index contributed by atoms with van der Waals surface area (Å²) >= 11 is 0. The number of ether oxygens (including phenoxy) is 1. The molecule has 0 spiro atoms. The first-order valence-electron chi connectivity index (χ1n) is 8.27. The molecule has 0 unspecified atom stereocenters. The Morgan fingerprint density at radius 1 is 1.17 bits per heavy atom. The topological polar surface area (TPSA) is 47.4 Å². The van der Waals surface area contributed by atoms with E-state index in [1.807, 2.05) is 46.8 Å². The molecule has 4 rings (SSSR count). The first-order valence-corrected chi connectivity index (χ1v) is 8.27. The average Bonchev–Trinajstić information content (AvgIpc) is 3.39. The van der Waals surface area contributed by atoms with E-state index >= 15 is 0 Å².